The topological polar surface area (TPSA) is 32.7 Å². The SMILES string of the molecule is OC1Oc2ccccc2C(c2ccc(SCCN3CCCC3)cc2)C1c1ccc(C(F)(F)F)cc1. The summed E-state index contributed by atoms with van der Waals surface area (Å²) in [5, 5.41) is 11.0. The molecular formula is C28H28F3NO2S. The molecule has 0 saturated carbocycles. The first-order chi connectivity index (χ1) is 16.9. The van der Waals surface area contributed by atoms with Crippen molar-refractivity contribution in [3.8, 4) is 5.75 Å². The van der Waals surface area contributed by atoms with Crippen LogP contribution in [0.25, 0.3) is 0 Å². The predicted molar refractivity (Wildman–Crippen MR) is 132 cm³/mol. The van der Waals surface area contributed by atoms with Gasteiger partial charge in [0.05, 0.1) is 11.5 Å². The van der Waals surface area contributed by atoms with Gasteiger partial charge in [-0.2, -0.15) is 13.2 Å². The van der Waals surface area contributed by atoms with E-state index in [-0.39, 0.29) is 5.92 Å². The van der Waals surface area contributed by atoms with Gasteiger partial charge < -0.3 is 14.7 Å². The van der Waals surface area contributed by atoms with Crippen molar-refractivity contribution in [2.24, 2.45) is 0 Å². The van der Waals surface area contributed by atoms with Gasteiger partial charge in [0, 0.05) is 28.7 Å². The lowest BCUT2D eigenvalue weighted by Crippen LogP contribution is -2.34. The van der Waals surface area contributed by atoms with Crippen molar-refractivity contribution in [3.63, 3.8) is 0 Å². The number of nitrogens with zero attached hydrogens (tertiary/aromatic N) is 1. The molecule has 3 atom stereocenters. The normalized spacial score (nSPS) is 22.6. The number of alkyl halides is 3. The van der Waals surface area contributed by atoms with Crippen LogP contribution in [-0.4, -0.2) is 41.7 Å². The number of aliphatic hydroxyl groups excluding tert-OH is 1. The number of benzene rings is 3. The summed E-state index contributed by atoms with van der Waals surface area (Å²) in [5.41, 5.74) is 1.81. The molecule has 1 saturated heterocycles. The summed E-state index contributed by atoms with van der Waals surface area (Å²) in [4.78, 5) is 3.68. The minimum atomic E-state index is -4.41. The molecule has 3 aromatic rings. The van der Waals surface area contributed by atoms with E-state index in [9.17, 15) is 18.3 Å². The first-order valence-electron chi connectivity index (χ1n) is 12.0. The van der Waals surface area contributed by atoms with Gasteiger partial charge in [-0.1, -0.05) is 42.5 Å². The third-order valence-corrected chi connectivity index (χ3v) is 7.90. The Balaban J connectivity index is 1.41. The number of halogens is 3. The van der Waals surface area contributed by atoms with Gasteiger partial charge in [-0.25, -0.2) is 0 Å². The number of para-hydroxylation sites is 1. The number of thioether (sulfide) groups is 1. The van der Waals surface area contributed by atoms with Crippen LogP contribution in [0.1, 0.15) is 46.9 Å². The molecule has 3 unspecified atom stereocenters. The van der Waals surface area contributed by atoms with E-state index in [1.807, 2.05) is 36.0 Å². The summed E-state index contributed by atoms with van der Waals surface area (Å²) in [5.74, 6) is 0.834. The van der Waals surface area contributed by atoms with E-state index in [1.165, 1.54) is 43.0 Å². The number of rotatable bonds is 6. The molecule has 2 aliphatic rings. The molecule has 0 aromatic heterocycles. The second-order valence-electron chi connectivity index (χ2n) is 9.14. The maximum absolute atomic E-state index is 13.1. The van der Waals surface area contributed by atoms with Crippen molar-refractivity contribution >= 4 is 11.8 Å². The number of aliphatic hydroxyl groups is 1. The summed E-state index contributed by atoms with van der Waals surface area (Å²) in [6.07, 6.45) is -3.01. The first kappa shape index (κ1) is 24.2. The lowest BCUT2D eigenvalue weighted by molar-refractivity contribution is -0.137. The van der Waals surface area contributed by atoms with Crippen LogP contribution in [0, 0.1) is 0 Å². The van der Waals surface area contributed by atoms with E-state index >= 15 is 0 Å². The molecule has 3 nitrogen and oxygen atoms in total. The Hall–Kier alpha value is -2.48. The Kier molecular flexibility index (Phi) is 7.09. The van der Waals surface area contributed by atoms with Crippen LogP contribution in [-0.2, 0) is 6.18 Å². The van der Waals surface area contributed by atoms with Crippen LogP contribution < -0.4 is 4.74 Å². The Labute approximate surface area is 207 Å². The second-order valence-corrected chi connectivity index (χ2v) is 10.3. The molecule has 2 aliphatic heterocycles. The van der Waals surface area contributed by atoms with Gasteiger partial charge in [-0.3, -0.25) is 0 Å². The van der Waals surface area contributed by atoms with Gasteiger partial charge >= 0.3 is 6.18 Å². The number of fused-ring (bicyclic) bond motifs is 1. The van der Waals surface area contributed by atoms with E-state index in [2.05, 4.69) is 29.2 Å². The minimum Gasteiger partial charge on any atom is -0.464 e. The highest BCUT2D eigenvalue weighted by Crippen LogP contribution is 2.48. The van der Waals surface area contributed by atoms with Crippen LogP contribution >= 0.6 is 11.8 Å². The van der Waals surface area contributed by atoms with Crippen LogP contribution in [0.3, 0.4) is 0 Å². The van der Waals surface area contributed by atoms with E-state index in [4.69, 9.17) is 4.74 Å². The van der Waals surface area contributed by atoms with Crippen molar-refractivity contribution in [1.29, 1.82) is 0 Å². The van der Waals surface area contributed by atoms with E-state index in [0.717, 1.165) is 35.6 Å². The minimum absolute atomic E-state index is 0.254. The van der Waals surface area contributed by atoms with Gasteiger partial charge in [0.25, 0.3) is 0 Å². The Morgan fingerprint density at radius 3 is 2.23 bits per heavy atom. The molecule has 0 spiro atoms. The third kappa shape index (κ3) is 5.37. The van der Waals surface area contributed by atoms with Crippen LogP contribution in [0.15, 0.2) is 77.7 Å². The first-order valence-corrected chi connectivity index (χ1v) is 12.9. The van der Waals surface area contributed by atoms with E-state index in [0.29, 0.717) is 11.3 Å². The Morgan fingerprint density at radius 1 is 0.886 bits per heavy atom. The lowest BCUT2D eigenvalue weighted by Gasteiger charge is -2.38. The quantitative estimate of drug-likeness (QED) is 0.392. The average Bonchev–Trinajstić information content (AvgIpc) is 3.37. The highest BCUT2D eigenvalue weighted by atomic mass is 32.2. The average molecular weight is 500 g/mol. The van der Waals surface area contributed by atoms with E-state index < -0.39 is 23.9 Å². The van der Waals surface area contributed by atoms with Crippen LogP contribution in [0.2, 0.25) is 0 Å². The molecule has 1 fully saturated rings. The van der Waals surface area contributed by atoms with Gasteiger partial charge in [-0.05, 0) is 67.4 Å². The van der Waals surface area contributed by atoms with Crippen LogP contribution in [0.4, 0.5) is 13.2 Å². The van der Waals surface area contributed by atoms with Crippen LogP contribution in [0.5, 0.6) is 5.75 Å². The van der Waals surface area contributed by atoms with Gasteiger partial charge in [-0.15, -0.1) is 11.8 Å². The summed E-state index contributed by atoms with van der Waals surface area (Å²) in [7, 11) is 0. The molecule has 35 heavy (non-hydrogen) atoms. The third-order valence-electron chi connectivity index (χ3n) is 6.91. The lowest BCUT2D eigenvalue weighted by atomic mass is 9.75. The number of ether oxygens (including phenoxy) is 1. The molecule has 7 heteroatoms. The maximum Gasteiger partial charge on any atom is 0.416 e. The van der Waals surface area contributed by atoms with Gasteiger partial charge in [0.1, 0.15) is 5.75 Å². The summed E-state index contributed by atoms with van der Waals surface area (Å²) in [6, 6.07) is 20.9. The fourth-order valence-electron chi connectivity index (χ4n) is 5.11. The molecular weight excluding hydrogens is 471 g/mol. The van der Waals surface area contributed by atoms with Crippen molar-refractivity contribution < 1.29 is 23.0 Å². The molecule has 0 aliphatic carbocycles. The van der Waals surface area contributed by atoms with Crippen molar-refractivity contribution in [1.82, 2.24) is 4.90 Å². The van der Waals surface area contributed by atoms with Gasteiger partial charge in [0.15, 0.2) is 0 Å². The summed E-state index contributed by atoms with van der Waals surface area (Å²) < 4.78 is 45.1. The Bertz CT molecular complexity index is 1130. The van der Waals surface area contributed by atoms with Crippen molar-refractivity contribution in [2.45, 2.75) is 42.0 Å². The van der Waals surface area contributed by atoms with E-state index in [1.54, 1.807) is 0 Å². The molecule has 3 aromatic carbocycles. The molecule has 0 bridgehead atoms. The molecule has 2 heterocycles. The number of hydrogen-bond donors (Lipinski definition) is 1. The molecule has 0 amide bonds. The maximum atomic E-state index is 13.1. The van der Waals surface area contributed by atoms with Crippen molar-refractivity contribution in [3.05, 3.63) is 95.1 Å². The predicted octanol–water partition coefficient (Wildman–Crippen LogP) is 6.52. The molecule has 0 radical (unpaired) electrons. The van der Waals surface area contributed by atoms with Gasteiger partial charge in [0.2, 0.25) is 6.29 Å². The van der Waals surface area contributed by atoms with Crippen molar-refractivity contribution in [2.75, 3.05) is 25.4 Å². The zero-order valence-corrected chi connectivity index (χ0v) is 20.1. The standard InChI is InChI=1S/C28H28F3NO2S/c29-28(30,31)21-11-7-20(8-12-21)26-25(23-5-1-2-6-24(23)34-27(26)33)19-9-13-22(14-10-19)35-18-17-32-15-3-4-16-32/h1-2,5-14,25-27,33H,3-4,15-18H2. The summed E-state index contributed by atoms with van der Waals surface area (Å²) in [6.45, 7) is 3.47. The zero-order valence-electron chi connectivity index (χ0n) is 19.2. The zero-order chi connectivity index (χ0) is 24.4. The molecule has 1 N–H and O–H groups in total. The second kappa shape index (κ2) is 10.2. The summed E-state index contributed by atoms with van der Waals surface area (Å²) >= 11 is 1.83. The molecule has 5 rings (SSSR count). The smallest absolute Gasteiger partial charge is 0.416 e. The monoisotopic (exact) mass is 499 g/mol. The highest BCUT2D eigenvalue weighted by Gasteiger charge is 2.40. The fraction of sp³-hybridized carbons (Fsp3) is 0.357. The fourth-order valence-corrected chi connectivity index (χ4v) is 6.03. The number of likely N-dealkylation sites (tertiary alicyclic amines) is 1. The number of hydrogen-bond acceptors (Lipinski definition) is 4. The highest BCUT2D eigenvalue weighted by molar-refractivity contribution is 7.99. The molecule has 184 valence electrons. The largest absolute Gasteiger partial charge is 0.464 e. The Morgan fingerprint density at radius 2 is 1.54 bits per heavy atom.